The van der Waals surface area contributed by atoms with Crippen LogP contribution >= 0.6 is 0 Å². The maximum Gasteiger partial charge on any atom is 0.326 e. The number of esters is 1. The number of aliphatic carboxylic acids is 1. The Balaban J connectivity index is 1.03. The molecule has 1 aromatic carbocycles. The third-order valence-corrected chi connectivity index (χ3v) is 11.8. The van der Waals surface area contributed by atoms with Gasteiger partial charge in [0.1, 0.15) is 17.4 Å². The molecule has 3 saturated carbocycles. The number of aliphatic hydroxyl groups excluding tert-OH is 1. The zero-order valence-corrected chi connectivity index (χ0v) is 27.0. The highest BCUT2D eigenvalue weighted by molar-refractivity contribution is 6.01. The number of amides is 1. The number of ether oxygens (including phenoxy) is 1. The van der Waals surface area contributed by atoms with Crippen molar-refractivity contribution >= 4 is 40.3 Å². The van der Waals surface area contributed by atoms with Crippen molar-refractivity contribution in [1.29, 1.82) is 0 Å². The van der Waals surface area contributed by atoms with Crippen LogP contribution in [0.5, 0.6) is 5.75 Å². The monoisotopic (exact) mass is 662 g/mol. The van der Waals surface area contributed by atoms with Crippen molar-refractivity contribution < 1.29 is 49.1 Å². The lowest BCUT2D eigenvalue weighted by Gasteiger charge is -2.59. The van der Waals surface area contributed by atoms with Crippen molar-refractivity contribution in [2.24, 2.45) is 28.6 Å². The number of ketones is 2. The summed E-state index contributed by atoms with van der Waals surface area (Å²) in [4.78, 5) is 65.6. The van der Waals surface area contributed by atoms with Gasteiger partial charge in [-0.15, -0.1) is 0 Å². The molecule has 12 heteroatoms. The molecule has 12 nitrogen and oxygen atoms in total. The van der Waals surface area contributed by atoms with E-state index in [-0.39, 0.29) is 55.0 Å². The second-order valence-electron chi connectivity index (χ2n) is 14.4. The SMILES string of the molecule is CC12C=CC(=O)C=C1CCC1C2C(O)CC2(C)C1CCC2(O)C(=O)COC(=O)CCC(=O)NC(Cc1c[nH]c2ccc(O)cc12)C(=O)O. The van der Waals surface area contributed by atoms with Gasteiger partial charge in [-0.25, -0.2) is 4.79 Å². The van der Waals surface area contributed by atoms with Crippen LogP contribution in [0.15, 0.2) is 48.2 Å². The number of fused-ring (bicyclic) bond motifs is 6. The van der Waals surface area contributed by atoms with E-state index in [2.05, 4.69) is 17.2 Å². The fourth-order valence-corrected chi connectivity index (χ4v) is 9.36. The van der Waals surface area contributed by atoms with Gasteiger partial charge in [-0.05, 0) is 79.9 Å². The third kappa shape index (κ3) is 5.64. The zero-order chi connectivity index (χ0) is 34.6. The van der Waals surface area contributed by atoms with Crippen LogP contribution in [-0.4, -0.2) is 79.2 Å². The van der Waals surface area contributed by atoms with E-state index in [1.54, 1.807) is 24.4 Å². The van der Waals surface area contributed by atoms with E-state index in [0.29, 0.717) is 29.3 Å². The predicted octanol–water partition coefficient (Wildman–Crippen LogP) is 2.89. The van der Waals surface area contributed by atoms with Crippen molar-refractivity contribution in [3.05, 3.63) is 53.8 Å². The van der Waals surface area contributed by atoms with Gasteiger partial charge in [0.15, 0.2) is 12.4 Å². The van der Waals surface area contributed by atoms with Crippen LogP contribution in [0.1, 0.15) is 64.4 Å². The summed E-state index contributed by atoms with van der Waals surface area (Å²) in [6.07, 6.45) is 7.43. The number of phenols is 1. The number of phenolic OH excluding ortho intramolecular Hbond substituents is 1. The molecule has 8 unspecified atom stereocenters. The average Bonchev–Trinajstić information content (AvgIpc) is 3.55. The van der Waals surface area contributed by atoms with Crippen molar-refractivity contribution in [1.82, 2.24) is 10.3 Å². The van der Waals surface area contributed by atoms with Gasteiger partial charge in [0.05, 0.1) is 12.5 Å². The number of aliphatic hydroxyl groups is 2. The Morgan fingerprint density at radius 3 is 2.67 bits per heavy atom. The Labute approximate surface area is 277 Å². The summed E-state index contributed by atoms with van der Waals surface area (Å²) in [7, 11) is 0. The average molecular weight is 663 g/mol. The van der Waals surface area contributed by atoms with Crippen molar-refractivity contribution in [2.75, 3.05) is 6.61 Å². The summed E-state index contributed by atoms with van der Waals surface area (Å²) in [5.74, 6) is -3.69. The lowest BCUT2D eigenvalue weighted by atomic mass is 9.46. The number of allylic oxidation sites excluding steroid dienone is 4. The topological polar surface area (TPSA) is 203 Å². The molecule has 0 radical (unpaired) electrons. The van der Waals surface area contributed by atoms with Crippen LogP contribution in [0.2, 0.25) is 0 Å². The number of carboxylic acids is 1. The largest absolute Gasteiger partial charge is 0.508 e. The highest BCUT2D eigenvalue weighted by Crippen LogP contribution is 2.67. The number of carbonyl (C=O) groups is 5. The highest BCUT2D eigenvalue weighted by atomic mass is 16.5. The molecule has 256 valence electrons. The molecule has 0 bridgehead atoms. The second-order valence-corrected chi connectivity index (χ2v) is 14.4. The van der Waals surface area contributed by atoms with Crippen LogP contribution in [0.3, 0.4) is 0 Å². The minimum absolute atomic E-state index is 0.0153. The van der Waals surface area contributed by atoms with Crippen molar-refractivity contribution in [3.8, 4) is 5.75 Å². The number of nitrogens with one attached hydrogen (secondary N) is 2. The Hall–Kier alpha value is -4.29. The third-order valence-electron chi connectivity index (χ3n) is 11.8. The molecule has 6 N–H and O–H groups in total. The first-order chi connectivity index (χ1) is 22.7. The van der Waals surface area contributed by atoms with Gasteiger partial charge >= 0.3 is 11.9 Å². The minimum atomic E-state index is -1.81. The summed E-state index contributed by atoms with van der Waals surface area (Å²) in [5.41, 5.74) is -0.952. The highest BCUT2D eigenvalue weighted by Gasteiger charge is 2.68. The Kier molecular flexibility index (Phi) is 8.61. The van der Waals surface area contributed by atoms with E-state index in [0.717, 1.165) is 12.0 Å². The number of hydrogen-bond donors (Lipinski definition) is 6. The molecule has 2 aromatic rings. The van der Waals surface area contributed by atoms with Gasteiger partial charge in [-0.3, -0.25) is 19.2 Å². The van der Waals surface area contributed by atoms with E-state index >= 15 is 0 Å². The number of H-pyrrole nitrogens is 1. The van der Waals surface area contributed by atoms with Crippen LogP contribution < -0.4 is 5.32 Å². The fraction of sp³-hybridized carbons (Fsp3) is 0.528. The number of carboxylic acid groups (broad SMARTS) is 1. The summed E-state index contributed by atoms with van der Waals surface area (Å²) >= 11 is 0. The second kappa shape index (κ2) is 12.3. The first-order valence-corrected chi connectivity index (χ1v) is 16.5. The lowest BCUT2D eigenvalue weighted by Crippen LogP contribution is -2.61. The summed E-state index contributed by atoms with van der Waals surface area (Å²) in [5, 5.41) is 45.9. The van der Waals surface area contributed by atoms with Crippen molar-refractivity contribution in [2.45, 2.75) is 83.0 Å². The van der Waals surface area contributed by atoms with E-state index in [4.69, 9.17) is 4.74 Å². The Morgan fingerprint density at radius 1 is 1.15 bits per heavy atom. The number of aromatic nitrogens is 1. The van der Waals surface area contributed by atoms with Gasteiger partial charge < -0.3 is 35.5 Å². The molecule has 4 aliphatic carbocycles. The molecular weight excluding hydrogens is 620 g/mol. The first kappa shape index (κ1) is 33.6. The quantitative estimate of drug-likeness (QED) is 0.205. The summed E-state index contributed by atoms with van der Waals surface area (Å²) < 4.78 is 5.20. The van der Waals surface area contributed by atoms with E-state index in [9.17, 15) is 44.4 Å². The molecule has 1 aromatic heterocycles. The van der Waals surface area contributed by atoms with Gasteiger partial charge in [-0.1, -0.05) is 25.5 Å². The molecule has 1 amide bonds. The molecule has 0 aliphatic heterocycles. The van der Waals surface area contributed by atoms with Gasteiger partial charge in [0.2, 0.25) is 11.7 Å². The molecule has 0 spiro atoms. The number of aromatic hydroxyl groups is 1. The van der Waals surface area contributed by atoms with E-state index in [1.807, 2.05) is 13.0 Å². The predicted molar refractivity (Wildman–Crippen MR) is 171 cm³/mol. The number of carbonyl (C=O) groups excluding carboxylic acids is 4. The smallest absolute Gasteiger partial charge is 0.326 e. The maximum atomic E-state index is 13.5. The molecule has 48 heavy (non-hydrogen) atoms. The first-order valence-electron chi connectivity index (χ1n) is 16.5. The van der Waals surface area contributed by atoms with Crippen molar-refractivity contribution in [3.63, 3.8) is 0 Å². The standard InChI is InChI=1S/C36H42N2O10/c1-34-11-9-22(40)14-20(34)3-5-23-25-10-12-36(47,35(25,2)16-28(41)32(23)34)29(42)18-48-31(44)8-7-30(43)38-27(33(45)46)13-19-17-37-26-6-4-21(39)15-24(19)26/h4,6,9,11,14-15,17,23,25,27-28,32,37,39,41,47H,3,5,7-8,10,12-13,16,18H2,1-2H3,(H,38,43)(H,45,46). The fourth-order valence-electron chi connectivity index (χ4n) is 9.36. The molecule has 3 fully saturated rings. The van der Waals surface area contributed by atoms with Gasteiger partial charge in [0, 0.05) is 46.7 Å². The maximum absolute atomic E-state index is 13.5. The summed E-state index contributed by atoms with van der Waals surface area (Å²) in [6, 6.07) is 3.35. The van der Waals surface area contributed by atoms with Crippen LogP contribution in [-0.2, 0) is 35.1 Å². The Bertz CT molecular complexity index is 1740. The van der Waals surface area contributed by atoms with Gasteiger partial charge in [0.25, 0.3) is 0 Å². The normalized spacial score (nSPS) is 32.8. The molecule has 1 heterocycles. The molecular formula is C36H42N2O10. The van der Waals surface area contributed by atoms with Crippen LogP contribution in [0.4, 0.5) is 0 Å². The summed E-state index contributed by atoms with van der Waals surface area (Å²) in [6.45, 7) is 3.19. The molecule has 6 rings (SSSR count). The number of benzene rings is 1. The van der Waals surface area contributed by atoms with Crippen LogP contribution in [0.25, 0.3) is 10.9 Å². The van der Waals surface area contributed by atoms with E-state index < -0.39 is 65.2 Å². The lowest BCUT2D eigenvalue weighted by molar-refractivity contribution is -0.181. The molecule has 0 saturated heterocycles. The number of hydrogen-bond acceptors (Lipinski definition) is 9. The van der Waals surface area contributed by atoms with Crippen LogP contribution in [0, 0.1) is 28.6 Å². The van der Waals surface area contributed by atoms with E-state index in [1.165, 1.54) is 12.1 Å². The minimum Gasteiger partial charge on any atom is -0.508 e. The Morgan fingerprint density at radius 2 is 1.92 bits per heavy atom. The number of aromatic amines is 1. The number of Topliss-reactive ketones (excluding diaryl/α,β-unsaturated/α-hetero) is 1. The van der Waals surface area contributed by atoms with Gasteiger partial charge in [-0.2, -0.15) is 0 Å². The molecule has 4 aliphatic rings. The molecule has 8 atom stereocenters. The zero-order valence-electron chi connectivity index (χ0n) is 27.0. The number of rotatable bonds is 10.